The summed E-state index contributed by atoms with van der Waals surface area (Å²) >= 11 is 9.67. The van der Waals surface area contributed by atoms with Gasteiger partial charge in [-0.25, -0.2) is 0 Å². The minimum atomic E-state index is 0.838. The van der Waals surface area contributed by atoms with Crippen molar-refractivity contribution in [1.29, 1.82) is 0 Å². The van der Waals surface area contributed by atoms with Crippen molar-refractivity contribution in [2.45, 2.75) is 24.6 Å². The molecule has 78 valence electrons. The fourth-order valence-corrected chi connectivity index (χ4v) is 3.89. The molecular weight excluding hydrogens is 234 g/mol. The Hall–Kier alpha value is 0.300. The highest BCUT2D eigenvalue weighted by atomic mass is 35.5. The Labute approximate surface area is 98.2 Å². The lowest BCUT2D eigenvalue weighted by atomic mass is 10.2. The van der Waals surface area contributed by atoms with E-state index in [0.29, 0.717) is 0 Å². The van der Waals surface area contributed by atoms with Gasteiger partial charge in [-0.2, -0.15) is 11.8 Å². The number of halogens is 1. The van der Waals surface area contributed by atoms with E-state index < -0.39 is 0 Å². The molecule has 1 fully saturated rings. The number of hydrogen-bond donors (Lipinski definition) is 1. The molecule has 1 saturated heterocycles. The molecule has 1 nitrogen and oxygen atoms in total. The Balaban J connectivity index is 1.67. The van der Waals surface area contributed by atoms with Crippen LogP contribution >= 0.6 is 34.7 Å². The Morgan fingerprint density at radius 3 is 3.14 bits per heavy atom. The lowest BCUT2D eigenvalue weighted by Gasteiger charge is -2.08. The quantitative estimate of drug-likeness (QED) is 0.876. The van der Waals surface area contributed by atoms with Crippen LogP contribution in [0.1, 0.15) is 17.7 Å². The van der Waals surface area contributed by atoms with Crippen LogP contribution in [0.15, 0.2) is 11.4 Å². The third kappa shape index (κ3) is 3.16. The van der Waals surface area contributed by atoms with Crippen molar-refractivity contribution in [2.24, 2.45) is 0 Å². The van der Waals surface area contributed by atoms with Crippen LogP contribution in [0.5, 0.6) is 0 Å². The number of thioether (sulfide) groups is 1. The highest BCUT2D eigenvalue weighted by molar-refractivity contribution is 8.00. The van der Waals surface area contributed by atoms with Gasteiger partial charge >= 0.3 is 0 Å². The van der Waals surface area contributed by atoms with Gasteiger partial charge in [0.15, 0.2) is 0 Å². The van der Waals surface area contributed by atoms with E-state index in [4.69, 9.17) is 11.6 Å². The van der Waals surface area contributed by atoms with Crippen LogP contribution in [0.4, 0.5) is 0 Å². The minimum absolute atomic E-state index is 0.838. The Morgan fingerprint density at radius 1 is 1.57 bits per heavy atom. The molecular formula is C10H14ClNS2. The second kappa shape index (κ2) is 5.40. The van der Waals surface area contributed by atoms with Gasteiger partial charge in [0.2, 0.25) is 0 Å². The van der Waals surface area contributed by atoms with Crippen molar-refractivity contribution in [3.63, 3.8) is 0 Å². The molecule has 0 bridgehead atoms. The zero-order valence-electron chi connectivity index (χ0n) is 7.96. The van der Waals surface area contributed by atoms with E-state index in [9.17, 15) is 0 Å². The first-order valence-corrected chi connectivity index (χ1v) is 7.20. The van der Waals surface area contributed by atoms with Gasteiger partial charge in [0.05, 0.1) is 5.02 Å². The first-order chi connectivity index (χ1) is 6.84. The van der Waals surface area contributed by atoms with Crippen molar-refractivity contribution in [3.8, 4) is 0 Å². The maximum atomic E-state index is 5.84. The van der Waals surface area contributed by atoms with Crippen LogP contribution in [0.3, 0.4) is 0 Å². The first kappa shape index (κ1) is 10.8. The van der Waals surface area contributed by atoms with E-state index in [-0.39, 0.29) is 0 Å². The molecule has 14 heavy (non-hydrogen) atoms. The molecule has 1 aromatic rings. The summed E-state index contributed by atoms with van der Waals surface area (Å²) in [4.78, 5) is 1.33. The van der Waals surface area contributed by atoms with Crippen molar-refractivity contribution >= 4 is 34.7 Å². The van der Waals surface area contributed by atoms with Crippen LogP contribution in [-0.2, 0) is 6.54 Å². The molecule has 0 saturated carbocycles. The average Bonchev–Trinajstić information content (AvgIpc) is 2.77. The van der Waals surface area contributed by atoms with Gasteiger partial charge < -0.3 is 5.32 Å². The van der Waals surface area contributed by atoms with E-state index in [1.54, 1.807) is 11.3 Å². The number of nitrogens with one attached hydrogen (secondary N) is 1. The Bertz CT molecular complexity index is 281. The summed E-state index contributed by atoms with van der Waals surface area (Å²) in [7, 11) is 0. The number of rotatable bonds is 4. The molecule has 4 heteroatoms. The van der Waals surface area contributed by atoms with Crippen molar-refractivity contribution < 1.29 is 0 Å². The van der Waals surface area contributed by atoms with Gasteiger partial charge in [-0.1, -0.05) is 11.6 Å². The zero-order valence-corrected chi connectivity index (χ0v) is 10.4. The average molecular weight is 248 g/mol. The molecule has 0 radical (unpaired) electrons. The minimum Gasteiger partial charge on any atom is -0.311 e. The van der Waals surface area contributed by atoms with Gasteiger partial charge in [0.1, 0.15) is 0 Å². The van der Waals surface area contributed by atoms with Crippen molar-refractivity contribution in [3.05, 3.63) is 21.3 Å². The monoisotopic (exact) mass is 247 g/mol. The summed E-state index contributed by atoms with van der Waals surface area (Å²) < 4.78 is 0. The SMILES string of the molecule is Clc1csc(CNCC2CCCS2)c1. The standard InChI is InChI=1S/C10H14ClNS2/c11-8-4-10(14-7-8)6-12-5-9-2-1-3-13-9/h4,7,9,12H,1-3,5-6H2. The van der Waals surface area contributed by atoms with Crippen LogP contribution < -0.4 is 5.32 Å². The Kier molecular flexibility index (Phi) is 4.17. The lowest BCUT2D eigenvalue weighted by molar-refractivity contribution is 0.650. The molecule has 2 rings (SSSR count). The van der Waals surface area contributed by atoms with Crippen molar-refractivity contribution in [2.75, 3.05) is 12.3 Å². The van der Waals surface area contributed by atoms with E-state index in [1.807, 2.05) is 11.4 Å². The predicted molar refractivity (Wildman–Crippen MR) is 66.5 cm³/mol. The predicted octanol–water partition coefficient (Wildman–Crippen LogP) is 3.39. The molecule has 1 N–H and O–H groups in total. The molecule has 0 amide bonds. The summed E-state index contributed by atoms with van der Waals surface area (Å²) in [6.45, 7) is 2.11. The molecule has 2 heterocycles. The summed E-state index contributed by atoms with van der Waals surface area (Å²) in [5.74, 6) is 1.34. The second-order valence-corrected chi connectivity index (χ2v) is 6.34. The summed E-state index contributed by atoms with van der Waals surface area (Å²) in [5, 5.41) is 7.18. The van der Waals surface area contributed by atoms with Crippen LogP contribution in [0.2, 0.25) is 5.02 Å². The van der Waals surface area contributed by atoms with E-state index in [0.717, 1.165) is 23.4 Å². The van der Waals surface area contributed by atoms with Crippen LogP contribution in [0.25, 0.3) is 0 Å². The first-order valence-electron chi connectivity index (χ1n) is 4.90. The number of hydrogen-bond acceptors (Lipinski definition) is 3. The maximum absolute atomic E-state index is 5.84. The molecule has 1 aromatic heterocycles. The fourth-order valence-electron chi connectivity index (χ4n) is 1.61. The lowest BCUT2D eigenvalue weighted by Crippen LogP contribution is -2.22. The van der Waals surface area contributed by atoms with Crippen molar-refractivity contribution in [1.82, 2.24) is 5.32 Å². The molecule has 0 aromatic carbocycles. The fraction of sp³-hybridized carbons (Fsp3) is 0.600. The normalized spacial score (nSPS) is 21.6. The molecule has 1 aliphatic heterocycles. The molecule has 0 spiro atoms. The van der Waals surface area contributed by atoms with Gasteiger partial charge in [-0.05, 0) is 24.7 Å². The second-order valence-electron chi connectivity index (χ2n) is 3.50. The molecule has 1 atom stereocenters. The highest BCUT2D eigenvalue weighted by Crippen LogP contribution is 2.25. The van der Waals surface area contributed by atoms with E-state index in [1.165, 1.54) is 23.5 Å². The molecule has 0 aliphatic carbocycles. The van der Waals surface area contributed by atoms with E-state index in [2.05, 4.69) is 17.1 Å². The third-order valence-corrected chi connectivity index (χ3v) is 5.00. The topological polar surface area (TPSA) is 12.0 Å². The van der Waals surface area contributed by atoms with E-state index >= 15 is 0 Å². The highest BCUT2D eigenvalue weighted by Gasteiger charge is 2.14. The zero-order chi connectivity index (χ0) is 9.80. The summed E-state index contributed by atoms with van der Waals surface area (Å²) in [5.41, 5.74) is 0. The third-order valence-electron chi connectivity index (χ3n) is 2.32. The van der Waals surface area contributed by atoms with Gasteiger partial charge in [0, 0.05) is 28.6 Å². The van der Waals surface area contributed by atoms with Gasteiger partial charge in [0.25, 0.3) is 0 Å². The van der Waals surface area contributed by atoms with Crippen LogP contribution in [0, 0.1) is 0 Å². The largest absolute Gasteiger partial charge is 0.311 e. The summed E-state index contributed by atoms with van der Waals surface area (Å²) in [6.07, 6.45) is 2.77. The molecule has 1 aliphatic rings. The van der Waals surface area contributed by atoms with Gasteiger partial charge in [-0.3, -0.25) is 0 Å². The molecule has 1 unspecified atom stereocenters. The Morgan fingerprint density at radius 2 is 2.50 bits per heavy atom. The van der Waals surface area contributed by atoms with Crippen LogP contribution in [-0.4, -0.2) is 17.5 Å². The van der Waals surface area contributed by atoms with Gasteiger partial charge in [-0.15, -0.1) is 11.3 Å². The smallest absolute Gasteiger partial charge is 0.0516 e. The number of thiophene rings is 1. The summed E-state index contributed by atoms with van der Waals surface area (Å²) in [6, 6.07) is 2.04. The maximum Gasteiger partial charge on any atom is 0.0516 e.